The van der Waals surface area contributed by atoms with Gasteiger partial charge < -0.3 is 5.32 Å². The highest BCUT2D eigenvalue weighted by Gasteiger charge is 2.26. The van der Waals surface area contributed by atoms with Gasteiger partial charge in [-0.15, -0.1) is 11.6 Å². The number of alkyl halides is 1. The standard InChI is InChI=1S/C14H16BrCl2NO/c15-12-6-5-10(17)7-11(12)14(19)18-13-4-2-1-3-9(13)8-16/h5-7,9,13H,1-4,8H2,(H,18,19). The van der Waals surface area contributed by atoms with E-state index in [1.54, 1.807) is 18.2 Å². The van der Waals surface area contributed by atoms with E-state index in [0.717, 1.165) is 23.7 Å². The number of benzene rings is 1. The van der Waals surface area contributed by atoms with Crippen LogP contribution in [-0.4, -0.2) is 17.8 Å². The number of nitrogens with one attached hydrogen (secondary N) is 1. The number of hydrogen-bond acceptors (Lipinski definition) is 1. The maximum Gasteiger partial charge on any atom is 0.252 e. The van der Waals surface area contributed by atoms with Crippen LogP contribution in [0, 0.1) is 5.92 Å². The number of amides is 1. The Labute approximate surface area is 132 Å². The molecule has 0 aliphatic heterocycles. The van der Waals surface area contributed by atoms with Gasteiger partial charge in [-0.2, -0.15) is 0 Å². The summed E-state index contributed by atoms with van der Waals surface area (Å²) in [5, 5.41) is 3.65. The van der Waals surface area contributed by atoms with Gasteiger partial charge in [0.15, 0.2) is 0 Å². The molecule has 2 atom stereocenters. The average Bonchev–Trinajstić information content (AvgIpc) is 2.42. The summed E-state index contributed by atoms with van der Waals surface area (Å²) in [7, 11) is 0. The summed E-state index contributed by atoms with van der Waals surface area (Å²) >= 11 is 15.3. The first kappa shape index (κ1) is 15.1. The first-order valence-electron chi connectivity index (χ1n) is 6.43. The van der Waals surface area contributed by atoms with E-state index in [9.17, 15) is 4.79 Å². The monoisotopic (exact) mass is 363 g/mol. The van der Waals surface area contributed by atoms with E-state index in [1.807, 2.05) is 0 Å². The van der Waals surface area contributed by atoms with Crippen LogP contribution in [0.4, 0.5) is 0 Å². The molecule has 1 N–H and O–H groups in total. The van der Waals surface area contributed by atoms with Crippen LogP contribution in [-0.2, 0) is 0 Å². The summed E-state index contributed by atoms with van der Waals surface area (Å²) in [4.78, 5) is 12.3. The van der Waals surface area contributed by atoms with Crippen molar-refractivity contribution in [2.75, 3.05) is 5.88 Å². The number of halogens is 3. The van der Waals surface area contributed by atoms with Crippen LogP contribution >= 0.6 is 39.1 Å². The SMILES string of the molecule is O=C(NC1CCCCC1CCl)c1cc(Cl)ccc1Br. The van der Waals surface area contributed by atoms with Crippen LogP contribution in [0.25, 0.3) is 0 Å². The molecule has 104 valence electrons. The smallest absolute Gasteiger partial charge is 0.252 e. The van der Waals surface area contributed by atoms with Crippen molar-refractivity contribution < 1.29 is 4.79 Å². The maximum atomic E-state index is 12.3. The first-order chi connectivity index (χ1) is 9.11. The first-order valence-corrected chi connectivity index (χ1v) is 8.14. The van der Waals surface area contributed by atoms with Gasteiger partial charge in [-0.25, -0.2) is 0 Å². The predicted octanol–water partition coefficient (Wildman–Crippen LogP) is 4.63. The van der Waals surface area contributed by atoms with Crippen molar-refractivity contribution in [2.45, 2.75) is 31.7 Å². The van der Waals surface area contributed by atoms with Crippen molar-refractivity contribution in [1.82, 2.24) is 5.32 Å². The Hall–Kier alpha value is -0.250. The molecule has 1 amide bonds. The molecule has 0 saturated heterocycles. The van der Waals surface area contributed by atoms with Crippen molar-refractivity contribution in [2.24, 2.45) is 5.92 Å². The highest BCUT2D eigenvalue weighted by Crippen LogP contribution is 2.27. The fourth-order valence-electron chi connectivity index (χ4n) is 2.50. The van der Waals surface area contributed by atoms with Crippen LogP contribution in [0.3, 0.4) is 0 Å². The molecule has 5 heteroatoms. The van der Waals surface area contributed by atoms with Gasteiger partial charge in [-0.3, -0.25) is 4.79 Å². The Morgan fingerprint density at radius 3 is 2.84 bits per heavy atom. The second-order valence-corrected chi connectivity index (χ2v) is 6.50. The predicted molar refractivity (Wildman–Crippen MR) is 83.1 cm³/mol. The van der Waals surface area contributed by atoms with Crippen LogP contribution in [0.15, 0.2) is 22.7 Å². The molecule has 0 bridgehead atoms. The molecule has 0 spiro atoms. The lowest BCUT2D eigenvalue weighted by Crippen LogP contribution is -2.42. The lowest BCUT2D eigenvalue weighted by atomic mass is 9.85. The average molecular weight is 365 g/mol. The van der Waals surface area contributed by atoms with E-state index in [4.69, 9.17) is 23.2 Å². The largest absolute Gasteiger partial charge is 0.349 e. The van der Waals surface area contributed by atoms with E-state index in [-0.39, 0.29) is 11.9 Å². The summed E-state index contributed by atoms with van der Waals surface area (Å²) in [6.07, 6.45) is 4.44. The molecule has 19 heavy (non-hydrogen) atoms. The third-order valence-corrected chi connectivity index (χ3v) is 4.92. The molecule has 2 unspecified atom stereocenters. The van der Waals surface area contributed by atoms with Crippen LogP contribution < -0.4 is 5.32 Å². The molecular weight excluding hydrogens is 349 g/mol. The molecule has 0 radical (unpaired) electrons. The third kappa shape index (κ3) is 3.87. The van der Waals surface area contributed by atoms with Gasteiger partial charge in [0.1, 0.15) is 0 Å². The Morgan fingerprint density at radius 2 is 2.11 bits per heavy atom. The molecule has 1 fully saturated rings. The van der Waals surface area contributed by atoms with E-state index in [0.29, 0.717) is 22.4 Å². The van der Waals surface area contributed by atoms with E-state index < -0.39 is 0 Å². The van der Waals surface area contributed by atoms with Crippen molar-refractivity contribution >= 4 is 45.0 Å². The summed E-state index contributed by atoms with van der Waals surface area (Å²) < 4.78 is 0.757. The molecule has 0 aromatic heterocycles. The summed E-state index contributed by atoms with van der Waals surface area (Å²) in [5.41, 5.74) is 0.575. The Balaban J connectivity index is 2.09. The lowest BCUT2D eigenvalue weighted by Gasteiger charge is -2.30. The fourth-order valence-corrected chi connectivity index (χ4v) is 3.47. The van der Waals surface area contributed by atoms with Crippen molar-refractivity contribution in [3.63, 3.8) is 0 Å². The Kier molecular flexibility index (Phi) is 5.55. The van der Waals surface area contributed by atoms with E-state index in [2.05, 4.69) is 21.2 Å². The zero-order valence-electron chi connectivity index (χ0n) is 10.5. The summed E-state index contributed by atoms with van der Waals surface area (Å²) in [5.74, 6) is 0.885. The van der Waals surface area contributed by atoms with E-state index in [1.165, 1.54) is 6.42 Å². The zero-order valence-corrected chi connectivity index (χ0v) is 13.6. The minimum absolute atomic E-state index is 0.0867. The van der Waals surface area contributed by atoms with Gasteiger partial charge in [-0.1, -0.05) is 24.4 Å². The second kappa shape index (κ2) is 6.96. The van der Waals surface area contributed by atoms with Crippen LogP contribution in [0.5, 0.6) is 0 Å². The number of hydrogen-bond donors (Lipinski definition) is 1. The van der Waals surface area contributed by atoms with Crippen LogP contribution in [0.1, 0.15) is 36.0 Å². The quantitative estimate of drug-likeness (QED) is 0.778. The van der Waals surface area contributed by atoms with Gasteiger partial charge in [0.2, 0.25) is 0 Å². The number of carbonyl (C=O) groups is 1. The Bertz CT molecular complexity index is 467. The number of carbonyl (C=O) groups excluding carboxylic acids is 1. The van der Waals surface area contributed by atoms with Gasteiger partial charge >= 0.3 is 0 Å². The highest BCUT2D eigenvalue weighted by atomic mass is 79.9. The van der Waals surface area contributed by atoms with E-state index >= 15 is 0 Å². The third-order valence-electron chi connectivity index (χ3n) is 3.60. The van der Waals surface area contributed by atoms with Crippen molar-refractivity contribution in [3.8, 4) is 0 Å². The maximum absolute atomic E-state index is 12.3. The topological polar surface area (TPSA) is 29.1 Å². The van der Waals surface area contributed by atoms with Gasteiger partial charge in [0.25, 0.3) is 5.91 Å². The molecule has 1 saturated carbocycles. The molecule has 1 aromatic rings. The zero-order chi connectivity index (χ0) is 13.8. The lowest BCUT2D eigenvalue weighted by molar-refractivity contribution is 0.0910. The molecule has 2 nitrogen and oxygen atoms in total. The molecule has 1 aromatic carbocycles. The Morgan fingerprint density at radius 1 is 1.37 bits per heavy atom. The fraction of sp³-hybridized carbons (Fsp3) is 0.500. The number of rotatable bonds is 3. The van der Waals surface area contributed by atoms with Gasteiger partial charge in [0.05, 0.1) is 5.56 Å². The molecule has 2 rings (SSSR count). The minimum atomic E-state index is -0.0867. The minimum Gasteiger partial charge on any atom is -0.349 e. The molecular formula is C14H16BrCl2NO. The normalized spacial score (nSPS) is 23.1. The van der Waals surface area contributed by atoms with Gasteiger partial charge in [0, 0.05) is 21.4 Å². The van der Waals surface area contributed by atoms with Crippen LogP contribution in [0.2, 0.25) is 5.02 Å². The summed E-state index contributed by atoms with van der Waals surface area (Å²) in [6.45, 7) is 0. The van der Waals surface area contributed by atoms with Crippen molar-refractivity contribution in [3.05, 3.63) is 33.3 Å². The molecule has 0 heterocycles. The van der Waals surface area contributed by atoms with Crippen molar-refractivity contribution in [1.29, 1.82) is 0 Å². The summed E-state index contributed by atoms with van der Waals surface area (Å²) in [6, 6.07) is 5.39. The second-order valence-electron chi connectivity index (χ2n) is 4.90. The van der Waals surface area contributed by atoms with Gasteiger partial charge in [-0.05, 0) is 52.9 Å². The molecule has 1 aliphatic carbocycles. The molecule has 1 aliphatic rings. The highest BCUT2D eigenvalue weighted by molar-refractivity contribution is 9.10.